The molecular weight excluding hydrogens is 521 g/mol. The summed E-state index contributed by atoms with van der Waals surface area (Å²) in [5, 5.41) is 16.2. The number of thioether (sulfide) groups is 1. The zero-order chi connectivity index (χ0) is 24.6. The minimum Gasteiger partial charge on any atom is -0.351 e. The van der Waals surface area contributed by atoms with Crippen molar-refractivity contribution in [3.63, 3.8) is 0 Å². The molecule has 35 heavy (non-hydrogen) atoms. The van der Waals surface area contributed by atoms with Crippen LogP contribution < -0.4 is 5.32 Å². The van der Waals surface area contributed by atoms with Gasteiger partial charge in [-0.1, -0.05) is 85.1 Å². The largest absolute Gasteiger partial charge is 0.351 e. The predicted octanol–water partition coefficient (Wildman–Crippen LogP) is 6.83. The maximum Gasteiger partial charge on any atom is 0.270 e. The van der Waals surface area contributed by atoms with Crippen molar-refractivity contribution in [3.05, 3.63) is 86.0 Å². The Labute approximate surface area is 223 Å². The maximum atomic E-state index is 12.3. The average molecular weight is 547 g/mol. The van der Waals surface area contributed by atoms with E-state index in [0.717, 1.165) is 46.5 Å². The molecule has 0 radical (unpaired) electrons. The number of unbranched alkanes of at least 4 members (excludes halogenated alkanes) is 2. The lowest BCUT2D eigenvalue weighted by molar-refractivity contribution is 0.0948. The molecule has 4 rings (SSSR count). The Morgan fingerprint density at radius 1 is 1.09 bits per heavy atom. The van der Waals surface area contributed by atoms with Crippen LogP contribution in [0.4, 0.5) is 0 Å². The third-order valence-electron chi connectivity index (χ3n) is 5.24. The van der Waals surface area contributed by atoms with Gasteiger partial charge >= 0.3 is 0 Å². The van der Waals surface area contributed by atoms with Gasteiger partial charge in [-0.15, -0.1) is 21.5 Å². The van der Waals surface area contributed by atoms with Gasteiger partial charge in [-0.05, 0) is 30.2 Å². The zero-order valence-electron chi connectivity index (χ0n) is 19.2. The molecule has 182 valence electrons. The van der Waals surface area contributed by atoms with Gasteiger partial charge in [0, 0.05) is 18.3 Å². The number of aromatic nitrogens is 4. The van der Waals surface area contributed by atoms with E-state index in [9.17, 15) is 4.79 Å². The summed E-state index contributed by atoms with van der Waals surface area (Å²) in [6, 6.07) is 15.6. The minimum atomic E-state index is -0.127. The highest BCUT2D eigenvalue weighted by Crippen LogP contribution is 2.30. The Kier molecular flexibility index (Phi) is 9.20. The lowest BCUT2D eigenvalue weighted by Gasteiger charge is -2.11. The van der Waals surface area contributed by atoms with Crippen LogP contribution in [0.3, 0.4) is 0 Å². The smallest absolute Gasteiger partial charge is 0.270 e. The molecule has 0 aliphatic rings. The molecule has 4 aromatic rings. The first-order chi connectivity index (χ1) is 17.0. The van der Waals surface area contributed by atoms with Crippen molar-refractivity contribution in [2.45, 2.75) is 43.5 Å². The van der Waals surface area contributed by atoms with Crippen LogP contribution in [0.5, 0.6) is 0 Å². The highest BCUT2D eigenvalue weighted by Gasteiger charge is 2.17. The topological polar surface area (TPSA) is 72.7 Å². The summed E-state index contributed by atoms with van der Waals surface area (Å²) in [6.45, 7) is 2.81. The number of nitrogens with zero attached hydrogens (tertiary/aromatic N) is 4. The van der Waals surface area contributed by atoms with Crippen LogP contribution in [0.1, 0.15) is 53.1 Å². The first-order valence-electron chi connectivity index (χ1n) is 11.3. The molecule has 2 aromatic heterocycles. The fourth-order valence-electron chi connectivity index (χ4n) is 3.45. The number of carbonyl (C=O) groups excluding carboxylic acids is 1. The molecule has 0 aliphatic heterocycles. The second-order valence-corrected chi connectivity index (χ2v) is 10.6. The number of hydrogen-bond donors (Lipinski definition) is 1. The number of carbonyl (C=O) groups is 1. The van der Waals surface area contributed by atoms with Crippen molar-refractivity contribution >= 4 is 52.2 Å². The van der Waals surface area contributed by atoms with Gasteiger partial charge < -0.3 is 5.32 Å². The first-order valence-corrected chi connectivity index (χ1v) is 14.0. The van der Waals surface area contributed by atoms with Crippen molar-refractivity contribution in [1.82, 2.24) is 25.1 Å². The highest BCUT2D eigenvalue weighted by molar-refractivity contribution is 7.98. The fraction of sp³-hybridized carbons (Fsp3) is 0.280. The second-order valence-electron chi connectivity index (χ2n) is 7.87. The first kappa shape index (κ1) is 25.7. The van der Waals surface area contributed by atoms with E-state index in [1.807, 2.05) is 34.9 Å². The van der Waals surface area contributed by atoms with Gasteiger partial charge in [0.05, 0.1) is 21.5 Å². The predicted molar refractivity (Wildman–Crippen MR) is 144 cm³/mol. The molecule has 1 amide bonds. The molecule has 0 bridgehead atoms. The Hall–Kier alpha value is -2.39. The quantitative estimate of drug-likeness (QED) is 0.165. The Balaban J connectivity index is 1.51. The van der Waals surface area contributed by atoms with Gasteiger partial charge in [0.1, 0.15) is 16.5 Å². The number of benzene rings is 2. The fourth-order valence-corrected chi connectivity index (χ4v) is 5.50. The molecule has 0 fully saturated rings. The lowest BCUT2D eigenvalue weighted by Crippen LogP contribution is -2.24. The summed E-state index contributed by atoms with van der Waals surface area (Å²) in [5.41, 5.74) is 2.43. The molecule has 6 nitrogen and oxygen atoms in total. The number of halogens is 2. The summed E-state index contributed by atoms with van der Waals surface area (Å²) in [7, 11) is 0. The van der Waals surface area contributed by atoms with Crippen molar-refractivity contribution in [2.75, 3.05) is 6.54 Å². The van der Waals surface area contributed by atoms with Crippen LogP contribution >= 0.6 is 46.3 Å². The summed E-state index contributed by atoms with van der Waals surface area (Å²) in [4.78, 5) is 16.9. The number of thiazole rings is 1. The average Bonchev–Trinajstić information content (AvgIpc) is 3.50. The molecular formula is C25H25Cl2N5OS2. The molecule has 0 saturated carbocycles. The van der Waals surface area contributed by atoms with Crippen molar-refractivity contribution in [3.8, 4) is 5.69 Å². The summed E-state index contributed by atoms with van der Waals surface area (Å²) >= 11 is 15.4. The van der Waals surface area contributed by atoms with Crippen LogP contribution in [0.2, 0.25) is 10.0 Å². The van der Waals surface area contributed by atoms with Gasteiger partial charge in [-0.25, -0.2) is 4.98 Å². The summed E-state index contributed by atoms with van der Waals surface area (Å²) in [5.74, 6) is 1.24. The van der Waals surface area contributed by atoms with Crippen LogP contribution in [0.15, 0.2) is 59.1 Å². The van der Waals surface area contributed by atoms with Gasteiger partial charge in [0.15, 0.2) is 5.16 Å². The Morgan fingerprint density at radius 3 is 2.69 bits per heavy atom. The monoisotopic (exact) mass is 545 g/mol. The van der Waals surface area contributed by atoms with Crippen LogP contribution in [-0.4, -0.2) is 32.2 Å². The maximum absolute atomic E-state index is 12.3. The molecule has 0 atom stereocenters. The van der Waals surface area contributed by atoms with E-state index in [0.29, 0.717) is 34.5 Å². The van der Waals surface area contributed by atoms with Crippen LogP contribution in [0.25, 0.3) is 5.69 Å². The molecule has 0 saturated heterocycles. The molecule has 1 N–H and O–H groups in total. The Morgan fingerprint density at radius 2 is 1.91 bits per heavy atom. The number of hydrogen-bond acceptors (Lipinski definition) is 6. The zero-order valence-corrected chi connectivity index (χ0v) is 22.4. The highest BCUT2D eigenvalue weighted by atomic mass is 35.5. The molecule has 0 unspecified atom stereocenters. The number of rotatable bonds is 11. The standard InChI is InChI=1S/C25H25Cl2N5OS2/c1-2-3-7-12-28-24(33)21-15-34-23(29-21)16-35-25-31-30-22(13-17-8-5-4-6-9-17)32(25)18-10-11-19(26)20(27)14-18/h4-6,8-11,14-15H,2-3,7,12-13,16H2,1H3,(H,28,33). The third-order valence-corrected chi connectivity index (χ3v) is 7.95. The Bertz CT molecular complexity index is 1280. The summed E-state index contributed by atoms with van der Waals surface area (Å²) in [6.07, 6.45) is 3.82. The summed E-state index contributed by atoms with van der Waals surface area (Å²) < 4.78 is 1.99. The number of nitrogens with one attached hydrogen (secondary N) is 1. The van der Waals surface area contributed by atoms with E-state index in [1.54, 1.807) is 11.4 Å². The molecule has 2 aromatic carbocycles. The molecule has 0 spiro atoms. The van der Waals surface area contributed by atoms with Gasteiger partial charge in [0.2, 0.25) is 0 Å². The number of amides is 1. The van der Waals surface area contributed by atoms with E-state index in [2.05, 4.69) is 39.6 Å². The van der Waals surface area contributed by atoms with Crippen molar-refractivity contribution in [1.29, 1.82) is 0 Å². The van der Waals surface area contributed by atoms with Gasteiger partial charge in [-0.3, -0.25) is 9.36 Å². The van der Waals surface area contributed by atoms with Gasteiger partial charge in [0.25, 0.3) is 5.91 Å². The third kappa shape index (κ3) is 6.85. The molecule has 10 heteroatoms. The van der Waals surface area contributed by atoms with E-state index < -0.39 is 0 Å². The van der Waals surface area contributed by atoms with E-state index in [4.69, 9.17) is 23.2 Å². The molecule has 0 aliphatic carbocycles. The molecule has 2 heterocycles. The van der Waals surface area contributed by atoms with Crippen LogP contribution in [0, 0.1) is 0 Å². The van der Waals surface area contributed by atoms with E-state index >= 15 is 0 Å². The van der Waals surface area contributed by atoms with Gasteiger partial charge in [-0.2, -0.15) is 0 Å². The van der Waals surface area contributed by atoms with Crippen LogP contribution in [-0.2, 0) is 12.2 Å². The lowest BCUT2D eigenvalue weighted by atomic mass is 10.1. The van der Waals surface area contributed by atoms with E-state index in [1.165, 1.54) is 23.1 Å². The minimum absolute atomic E-state index is 0.127. The van der Waals surface area contributed by atoms with E-state index in [-0.39, 0.29) is 5.91 Å². The van der Waals surface area contributed by atoms with Crippen molar-refractivity contribution < 1.29 is 4.79 Å². The normalized spacial score (nSPS) is 11.1. The van der Waals surface area contributed by atoms with Crippen molar-refractivity contribution in [2.24, 2.45) is 0 Å². The SMILES string of the molecule is CCCCCNC(=O)c1csc(CSc2nnc(Cc3ccccc3)n2-c2ccc(Cl)c(Cl)c2)n1. The second kappa shape index (κ2) is 12.5.